The summed E-state index contributed by atoms with van der Waals surface area (Å²) in [7, 11) is -4.06. The average molecular weight is 686 g/mol. The maximum Gasteiger partial charge on any atom is 0.271 e. The van der Waals surface area contributed by atoms with Gasteiger partial charge in [-0.15, -0.1) is 0 Å². The summed E-state index contributed by atoms with van der Waals surface area (Å²) >= 11 is 3.47. The van der Waals surface area contributed by atoms with Gasteiger partial charge in [0.25, 0.3) is 5.69 Å². The highest BCUT2D eigenvalue weighted by Gasteiger charge is 2.34. The number of rotatable bonds is 12. The second kappa shape index (κ2) is 14.8. The fourth-order valence-electron chi connectivity index (χ4n) is 5.51. The lowest BCUT2D eigenvalue weighted by atomic mass is 9.94. The van der Waals surface area contributed by atoms with Crippen molar-refractivity contribution in [1.29, 1.82) is 0 Å². The van der Waals surface area contributed by atoms with Gasteiger partial charge in [-0.2, -0.15) is 0 Å². The summed E-state index contributed by atoms with van der Waals surface area (Å²) in [6, 6.07) is 19.7. The van der Waals surface area contributed by atoms with Crippen LogP contribution in [0.25, 0.3) is 0 Å². The molecule has 3 aromatic carbocycles. The second-order valence-electron chi connectivity index (χ2n) is 11.2. The molecule has 1 atom stereocenters. The number of aryl methyl sites for hydroxylation is 1. The van der Waals surface area contributed by atoms with E-state index in [0.29, 0.717) is 5.56 Å². The Morgan fingerprint density at radius 3 is 2.32 bits per heavy atom. The lowest BCUT2D eigenvalue weighted by Crippen LogP contribution is -2.55. The quantitative estimate of drug-likeness (QED) is 0.198. The van der Waals surface area contributed by atoms with Crippen molar-refractivity contribution in [2.45, 2.75) is 64.1 Å². The zero-order valence-corrected chi connectivity index (χ0v) is 27.2. The molecule has 44 heavy (non-hydrogen) atoms. The van der Waals surface area contributed by atoms with Gasteiger partial charge in [0.1, 0.15) is 12.6 Å². The van der Waals surface area contributed by atoms with Gasteiger partial charge in [-0.1, -0.05) is 83.7 Å². The summed E-state index contributed by atoms with van der Waals surface area (Å²) in [6.45, 7) is 1.02. The number of halogens is 1. The van der Waals surface area contributed by atoms with Crippen molar-refractivity contribution in [3.8, 4) is 0 Å². The Bertz CT molecular complexity index is 1600. The van der Waals surface area contributed by atoms with Crippen molar-refractivity contribution in [3.05, 3.63) is 104 Å². The first kappa shape index (κ1) is 33.1. The van der Waals surface area contributed by atoms with Gasteiger partial charge in [0.2, 0.25) is 21.8 Å². The number of hydrogen-bond acceptors (Lipinski definition) is 6. The van der Waals surface area contributed by atoms with Gasteiger partial charge < -0.3 is 10.2 Å². The first-order valence-electron chi connectivity index (χ1n) is 14.5. The molecule has 1 N–H and O–H groups in total. The van der Waals surface area contributed by atoms with E-state index in [0.717, 1.165) is 64.3 Å². The first-order valence-corrected chi connectivity index (χ1v) is 17.2. The molecule has 0 unspecified atom stereocenters. The molecular formula is C32H37BrN4O6S. The highest BCUT2D eigenvalue weighted by Crippen LogP contribution is 2.28. The predicted molar refractivity (Wildman–Crippen MR) is 174 cm³/mol. The van der Waals surface area contributed by atoms with E-state index in [-0.39, 0.29) is 36.3 Å². The minimum Gasteiger partial charge on any atom is -0.352 e. The summed E-state index contributed by atoms with van der Waals surface area (Å²) in [5.74, 6) is -0.914. The fraction of sp³-hybridized carbons (Fsp3) is 0.375. The van der Waals surface area contributed by atoms with Gasteiger partial charge in [-0.3, -0.25) is 24.0 Å². The smallest absolute Gasteiger partial charge is 0.271 e. The molecule has 0 heterocycles. The van der Waals surface area contributed by atoms with Gasteiger partial charge in [-0.05, 0) is 48.6 Å². The molecule has 0 saturated heterocycles. The Labute approximate surface area is 266 Å². The SMILES string of the molecule is Cc1ccc([N+](=O)[O-])cc1N(CC(=O)N(Cc1cccc(Br)c1)[C@H](Cc1ccccc1)C(=O)NC1CCCCC1)S(C)(=O)=O. The van der Waals surface area contributed by atoms with Gasteiger partial charge in [-0.25, -0.2) is 8.42 Å². The third-order valence-electron chi connectivity index (χ3n) is 7.82. The number of anilines is 1. The van der Waals surface area contributed by atoms with Crippen molar-refractivity contribution in [3.63, 3.8) is 0 Å². The zero-order chi connectivity index (χ0) is 31.9. The molecule has 0 bridgehead atoms. The normalized spacial score (nSPS) is 14.4. The number of carbonyl (C=O) groups excluding carboxylic acids is 2. The molecule has 1 aliphatic carbocycles. The molecule has 2 amide bonds. The Morgan fingerprint density at radius 1 is 1.00 bits per heavy atom. The highest BCUT2D eigenvalue weighted by atomic mass is 79.9. The summed E-state index contributed by atoms with van der Waals surface area (Å²) < 4.78 is 27.8. The van der Waals surface area contributed by atoms with E-state index in [4.69, 9.17) is 0 Å². The third-order valence-corrected chi connectivity index (χ3v) is 9.44. The minimum atomic E-state index is -4.06. The van der Waals surface area contributed by atoms with Crippen molar-refractivity contribution < 1.29 is 22.9 Å². The van der Waals surface area contributed by atoms with E-state index in [2.05, 4.69) is 21.2 Å². The molecule has 4 rings (SSSR count). The van der Waals surface area contributed by atoms with Crippen LogP contribution >= 0.6 is 15.9 Å². The molecule has 12 heteroatoms. The number of nitrogens with one attached hydrogen (secondary N) is 1. The number of non-ortho nitro benzene ring substituents is 1. The van der Waals surface area contributed by atoms with E-state index < -0.39 is 33.4 Å². The van der Waals surface area contributed by atoms with Crippen LogP contribution in [0.2, 0.25) is 0 Å². The number of nitro groups is 1. The summed E-state index contributed by atoms with van der Waals surface area (Å²) in [5, 5.41) is 14.7. The minimum absolute atomic E-state index is 0.00243. The van der Waals surface area contributed by atoms with E-state index >= 15 is 0 Å². The van der Waals surface area contributed by atoms with Crippen LogP contribution in [0.15, 0.2) is 77.3 Å². The number of hydrogen-bond donors (Lipinski definition) is 1. The third kappa shape index (κ3) is 8.88. The van der Waals surface area contributed by atoms with Crippen LogP contribution < -0.4 is 9.62 Å². The maximum atomic E-state index is 14.3. The van der Waals surface area contributed by atoms with E-state index in [1.165, 1.54) is 17.0 Å². The number of benzene rings is 3. The molecule has 0 aliphatic heterocycles. The van der Waals surface area contributed by atoms with Crippen molar-refractivity contribution in [1.82, 2.24) is 10.2 Å². The van der Waals surface area contributed by atoms with Gasteiger partial charge in [0.15, 0.2) is 0 Å². The van der Waals surface area contributed by atoms with Gasteiger partial charge in [0, 0.05) is 35.6 Å². The number of nitrogens with zero attached hydrogens (tertiary/aromatic N) is 3. The number of amides is 2. The predicted octanol–water partition coefficient (Wildman–Crippen LogP) is 5.52. The lowest BCUT2D eigenvalue weighted by molar-refractivity contribution is -0.384. The van der Waals surface area contributed by atoms with Crippen LogP contribution in [0, 0.1) is 17.0 Å². The topological polar surface area (TPSA) is 130 Å². The molecule has 0 aromatic heterocycles. The van der Waals surface area contributed by atoms with Gasteiger partial charge in [0.05, 0.1) is 16.9 Å². The van der Waals surface area contributed by atoms with E-state index in [1.807, 2.05) is 54.6 Å². The molecule has 10 nitrogen and oxygen atoms in total. The Balaban J connectivity index is 1.76. The van der Waals surface area contributed by atoms with Crippen LogP contribution in [0.4, 0.5) is 11.4 Å². The average Bonchev–Trinajstić information content (AvgIpc) is 2.98. The van der Waals surface area contributed by atoms with E-state index in [9.17, 15) is 28.1 Å². The Morgan fingerprint density at radius 2 is 1.68 bits per heavy atom. The van der Waals surface area contributed by atoms with Crippen molar-refractivity contribution in [2.24, 2.45) is 0 Å². The standard InChI is InChI=1S/C32H37BrN4O6S/c1-23-16-17-28(37(40)41)20-29(23)36(44(2,42)43)22-31(38)35(21-25-12-9-13-26(33)18-25)30(19-24-10-5-3-6-11-24)32(39)34-27-14-7-4-8-15-27/h3,5-6,9-13,16-18,20,27,30H,4,7-8,14-15,19,21-22H2,1-2H3,(H,34,39)/t30-/m1/s1. The Kier molecular flexibility index (Phi) is 11.1. The highest BCUT2D eigenvalue weighted by molar-refractivity contribution is 9.10. The molecule has 1 fully saturated rings. The van der Waals surface area contributed by atoms with Crippen LogP contribution in [0.1, 0.15) is 48.8 Å². The molecule has 234 valence electrons. The molecule has 1 aliphatic rings. The maximum absolute atomic E-state index is 14.3. The molecule has 3 aromatic rings. The number of nitro benzene ring substituents is 1. The van der Waals surface area contributed by atoms with Crippen molar-refractivity contribution in [2.75, 3.05) is 17.1 Å². The zero-order valence-electron chi connectivity index (χ0n) is 24.8. The molecule has 0 radical (unpaired) electrons. The molecular weight excluding hydrogens is 648 g/mol. The number of sulfonamides is 1. The monoisotopic (exact) mass is 684 g/mol. The van der Waals surface area contributed by atoms with Crippen LogP contribution in [0.3, 0.4) is 0 Å². The second-order valence-corrected chi connectivity index (χ2v) is 14.0. The number of carbonyl (C=O) groups is 2. The summed E-state index contributed by atoms with van der Waals surface area (Å²) in [6.07, 6.45) is 6.03. The summed E-state index contributed by atoms with van der Waals surface area (Å²) in [4.78, 5) is 40.7. The molecule has 1 saturated carbocycles. The largest absolute Gasteiger partial charge is 0.352 e. The Hall–Kier alpha value is -3.77. The van der Waals surface area contributed by atoms with Gasteiger partial charge >= 0.3 is 0 Å². The fourth-order valence-corrected chi connectivity index (χ4v) is 6.85. The van der Waals surface area contributed by atoms with Crippen molar-refractivity contribution >= 4 is 49.1 Å². The van der Waals surface area contributed by atoms with Crippen LogP contribution in [0.5, 0.6) is 0 Å². The first-order chi connectivity index (χ1) is 20.9. The molecule has 0 spiro atoms. The summed E-state index contributed by atoms with van der Waals surface area (Å²) in [5.41, 5.74) is 1.77. The lowest BCUT2D eigenvalue weighted by Gasteiger charge is -2.35. The van der Waals surface area contributed by atoms with Crippen LogP contribution in [-0.2, 0) is 32.6 Å². The van der Waals surface area contributed by atoms with Crippen LogP contribution in [-0.4, -0.2) is 54.9 Å². The van der Waals surface area contributed by atoms with E-state index in [1.54, 1.807) is 6.92 Å².